The molecule has 2 amide bonds. The molecular formula is C21H19N5O2. The number of hydrogen-bond donors (Lipinski definition) is 2. The second-order valence-electron chi connectivity index (χ2n) is 6.99. The number of aromatic hydroxyl groups is 1. The van der Waals surface area contributed by atoms with Gasteiger partial charge in [-0.15, -0.1) is 0 Å². The molecule has 0 spiro atoms. The highest BCUT2D eigenvalue weighted by molar-refractivity contribution is 6.04. The highest BCUT2D eigenvalue weighted by Crippen LogP contribution is 2.40. The van der Waals surface area contributed by atoms with Crippen molar-refractivity contribution in [2.24, 2.45) is 0 Å². The van der Waals surface area contributed by atoms with E-state index in [1.54, 1.807) is 35.4 Å². The van der Waals surface area contributed by atoms with E-state index in [9.17, 15) is 9.90 Å². The van der Waals surface area contributed by atoms with Gasteiger partial charge in [-0.05, 0) is 42.8 Å². The van der Waals surface area contributed by atoms with Crippen LogP contribution in [0.4, 0.5) is 22.1 Å². The van der Waals surface area contributed by atoms with Gasteiger partial charge in [0, 0.05) is 24.8 Å². The number of carbonyl (C=O) groups excluding carboxylic acids is 1. The highest BCUT2D eigenvalue weighted by atomic mass is 16.3. The molecule has 0 saturated carbocycles. The van der Waals surface area contributed by atoms with Crippen molar-refractivity contribution in [2.75, 3.05) is 28.2 Å². The van der Waals surface area contributed by atoms with Gasteiger partial charge in [0.05, 0.1) is 17.4 Å². The van der Waals surface area contributed by atoms with Crippen molar-refractivity contribution in [1.29, 1.82) is 0 Å². The van der Waals surface area contributed by atoms with E-state index >= 15 is 0 Å². The molecule has 0 unspecified atom stereocenters. The van der Waals surface area contributed by atoms with Gasteiger partial charge in [-0.1, -0.05) is 18.2 Å². The molecule has 4 heterocycles. The number of fused-ring (bicyclic) bond motifs is 4. The lowest BCUT2D eigenvalue weighted by atomic mass is 10.1. The van der Waals surface area contributed by atoms with Gasteiger partial charge in [-0.25, -0.2) is 14.8 Å². The summed E-state index contributed by atoms with van der Waals surface area (Å²) in [6.07, 6.45) is 2.54. The summed E-state index contributed by atoms with van der Waals surface area (Å²) in [5.41, 5.74) is 2.47. The SMILES string of the molecule is O=C(Nc1ccccn1)N1c2nc(-c3cccc(O)c3)ccc2N2CC[C@H]1C2. The van der Waals surface area contributed by atoms with E-state index in [1.807, 2.05) is 30.3 Å². The van der Waals surface area contributed by atoms with Crippen molar-refractivity contribution >= 4 is 23.4 Å². The minimum absolute atomic E-state index is 0.0724. The second kappa shape index (κ2) is 6.53. The first-order chi connectivity index (χ1) is 13.7. The Morgan fingerprint density at radius 1 is 1.14 bits per heavy atom. The van der Waals surface area contributed by atoms with Crippen LogP contribution in [-0.4, -0.2) is 40.2 Å². The molecule has 2 aliphatic heterocycles. The third-order valence-corrected chi connectivity index (χ3v) is 5.21. The number of aromatic nitrogens is 2. The summed E-state index contributed by atoms with van der Waals surface area (Å²) in [6, 6.07) is 16.2. The Labute approximate surface area is 162 Å². The first-order valence-corrected chi connectivity index (χ1v) is 9.26. The second-order valence-corrected chi connectivity index (χ2v) is 6.99. The maximum absolute atomic E-state index is 13.1. The van der Waals surface area contributed by atoms with Gasteiger partial charge in [0.2, 0.25) is 0 Å². The van der Waals surface area contributed by atoms with Crippen LogP contribution < -0.4 is 15.1 Å². The summed E-state index contributed by atoms with van der Waals surface area (Å²) in [6.45, 7) is 1.70. The number of carbonyl (C=O) groups is 1. The third-order valence-electron chi connectivity index (χ3n) is 5.21. The molecule has 0 radical (unpaired) electrons. The Morgan fingerprint density at radius 2 is 2.07 bits per heavy atom. The topological polar surface area (TPSA) is 81.6 Å². The van der Waals surface area contributed by atoms with Crippen molar-refractivity contribution in [3.63, 3.8) is 0 Å². The minimum atomic E-state index is -0.230. The fourth-order valence-corrected chi connectivity index (χ4v) is 3.90. The maximum Gasteiger partial charge on any atom is 0.329 e. The monoisotopic (exact) mass is 373 g/mol. The number of hydrogen-bond acceptors (Lipinski definition) is 5. The fourth-order valence-electron chi connectivity index (χ4n) is 3.90. The molecule has 2 bridgehead atoms. The third kappa shape index (κ3) is 2.81. The first-order valence-electron chi connectivity index (χ1n) is 9.26. The van der Waals surface area contributed by atoms with Crippen LogP contribution >= 0.6 is 0 Å². The molecule has 1 saturated heterocycles. The lowest BCUT2D eigenvalue weighted by Crippen LogP contribution is -2.48. The molecule has 1 fully saturated rings. The minimum Gasteiger partial charge on any atom is -0.508 e. The number of nitrogens with zero attached hydrogens (tertiary/aromatic N) is 4. The lowest BCUT2D eigenvalue weighted by molar-refractivity contribution is 0.254. The molecule has 1 aromatic carbocycles. The van der Waals surface area contributed by atoms with Gasteiger partial charge in [0.25, 0.3) is 0 Å². The number of benzene rings is 1. The van der Waals surface area contributed by atoms with Crippen molar-refractivity contribution in [3.05, 3.63) is 60.8 Å². The molecule has 2 aromatic heterocycles. The molecule has 7 nitrogen and oxygen atoms in total. The van der Waals surface area contributed by atoms with Gasteiger partial charge in [0.1, 0.15) is 11.6 Å². The number of phenols is 1. The van der Waals surface area contributed by atoms with Crippen LogP contribution in [0.2, 0.25) is 0 Å². The molecule has 2 aliphatic rings. The number of urea groups is 1. The standard InChI is InChI=1S/C21H19N5O2/c27-16-5-3-4-14(12-16)17-7-8-18-20(23-17)26(15-9-11-25(18)13-15)21(28)24-19-6-1-2-10-22-19/h1-8,10,12,15,27H,9,11,13H2,(H,22,24,28)/t15-/m0/s1. The van der Waals surface area contributed by atoms with Crippen molar-refractivity contribution in [3.8, 4) is 17.0 Å². The van der Waals surface area contributed by atoms with Gasteiger partial charge in [-0.3, -0.25) is 10.2 Å². The number of phenolic OH excluding ortho intramolecular Hbond substituents is 1. The Balaban J connectivity index is 1.54. The molecule has 1 atom stereocenters. The average Bonchev–Trinajstić information content (AvgIpc) is 3.13. The number of anilines is 3. The summed E-state index contributed by atoms with van der Waals surface area (Å²) in [7, 11) is 0. The average molecular weight is 373 g/mol. The zero-order chi connectivity index (χ0) is 19.1. The van der Waals surface area contributed by atoms with Crippen molar-refractivity contribution in [2.45, 2.75) is 12.5 Å². The molecule has 140 valence electrons. The largest absolute Gasteiger partial charge is 0.508 e. The summed E-state index contributed by atoms with van der Waals surface area (Å²) < 4.78 is 0. The van der Waals surface area contributed by atoms with E-state index in [-0.39, 0.29) is 17.8 Å². The van der Waals surface area contributed by atoms with Crippen LogP contribution in [0.25, 0.3) is 11.3 Å². The van der Waals surface area contributed by atoms with E-state index in [1.165, 1.54) is 0 Å². The number of pyridine rings is 2. The summed E-state index contributed by atoms with van der Waals surface area (Å²) in [5, 5.41) is 12.7. The Hall–Kier alpha value is -3.61. The molecule has 3 aromatic rings. The van der Waals surface area contributed by atoms with Gasteiger partial charge < -0.3 is 10.0 Å². The smallest absolute Gasteiger partial charge is 0.329 e. The van der Waals surface area contributed by atoms with Crippen LogP contribution in [0.5, 0.6) is 5.75 Å². The molecule has 0 aliphatic carbocycles. The number of nitrogens with one attached hydrogen (secondary N) is 1. The highest BCUT2D eigenvalue weighted by Gasteiger charge is 2.40. The van der Waals surface area contributed by atoms with Gasteiger partial charge >= 0.3 is 6.03 Å². The lowest BCUT2D eigenvalue weighted by Gasteiger charge is -2.35. The molecular weight excluding hydrogens is 354 g/mol. The zero-order valence-electron chi connectivity index (χ0n) is 15.1. The quantitative estimate of drug-likeness (QED) is 0.719. The Kier molecular flexibility index (Phi) is 3.86. The normalized spacial score (nSPS) is 17.4. The molecule has 7 heteroatoms. The van der Waals surface area contributed by atoms with Gasteiger partial charge in [-0.2, -0.15) is 0 Å². The van der Waals surface area contributed by atoms with Crippen LogP contribution in [0.3, 0.4) is 0 Å². The van der Waals surface area contributed by atoms with E-state index in [2.05, 4.69) is 15.2 Å². The van der Waals surface area contributed by atoms with Crippen molar-refractivity contribution < 1.29 is 9.90 Å². The predicted octanol–water partition coefficient (Wildman–Crippen LogP) is 3.48. The van der Waals surface area contributed by atoms with Crippen LogP contribution in [0.1, 0.15) is 6.42 Å². The van der Waals surface area contributed by atoms with E-state index < -0.39 is 0 Å². The number of rotatable bonds is 2. The summed E-state index contributed by atoms with van der Waals surface area (Å²) >= 11 is 0. The number of amides is 2. The molecule has 5 rings (SSSR count). The zero-order valence-corrected chi connectivity index (χ0v) is 15.1. The predicted molar refractivity (Wildman–Crippen MR) is 108 cm³/mol. The van der Waals surface area contributed by atoms with E-state index in [0.717, 1.165) is 30.8 Å². The summed E-state index contributed by atoms with van der Waals surface area (Å²) in [4.78, 5) is 26.1. The van der Waals surface area contributed by atoms with Crippen LogP contribution in [0, 0.1) is 0 Å². The molecule has 2 N–H and O–H groups in total. The maximum atomic E-state index is 13.1. The van der Waals surface area contributed by atoms with E-state index in [4.69, 9.17) is 4.98 Å². The van der Waals surface area contributed by atoms with Crippen LogP contribution in [0.15, 0.2) is 60.8 Å². The van der Waals surface area contributed by atoms with Gasteiger partial charge in [0.15, 0.2) is 5.82 Å². The van der Waals surface area contributed by atoms with Crippen LogP contribution in [-0.2, 0) is 0 Å². The Morgan fingerprint density at radius 3 is 2.89 bits per heavy atom. The first kappa shape index (κ1) is 16.6. The van der Waals surface area contributed by atoms with E-state index in [0.29, 0.717) is 17.3 Å². The Bertz CT molecular complexity index is 1040. The molecule has 28 heavy (non-hydrogen) atoms. The summed E-state index contributed by atoms with van der Waals surface area (Å²) in [5.74, 6) is 1.34. The fraction of sp³-hybridized carbons (Fsp3) is 0.190. The van der Waals surface area contributed by atoms with Crippen molar-refractivity contribution in [1.82, 2.24) is 9.97 Å².